The van der Waals surface area contributed by atoms with Crippen molar-refractivity contribution in [3.05, 3.63) is 46.7 Å². The quantitative estimate of drug-likeness (QED) is 0.289. The third-order valence-corrected chi connectivity index (χ3v) is 7.97. The lowest BCUT2D eigenvalue weighted by atomic mass is 9.91. The highest BCUT2D eigenvalue weighted by atomic mass is 35.5. The number of aryl methyl sites for hydroxylation is 1. The van der Waals surface area contributed by atoms with Crippen molar-refractivity contribution in [1.29, 1.82) is 0 Å². The number of thiophene rings is 1. The fraction of sp³-hybridized carbons (Fsp3) is 0.385. The average Bonchev–Trinajstić information content (AvgIpc) is 3.62. The summed E-state index contributed by atoms with van der Waals surface area (Å²) in [7, 11) is 4.06. The van der Waals surface area contributed by atoms with Crippen LogP contribution in [0.4, 0.5) is 11.8 Å². The van der Waals surface area contributed by atoms with Crippen LogP contribution in [0.2, 0.25) is 5.02 Å². The Morgan fingerprint density at radius 3 is 2.76 bits per heavy atom. The second-order valence-electron chi connectivity index (χ2n) is 10.6. The summed E-state index contributed by atoms with van der Waals surface area (Å²) >= 11 is 8.39. The molecule has 1 aliphatic rings. The first-order chi connectivity index (χ1) is 17.7. The molecule has 1 fully saturated rings. The summed E-state index contributed by atoms with van der Waals surface area (Å²) in [6.45, 7) is 8.72. The highest BCUT2D eigenvalue weighted by Gasteiger charge is 2.29. The summed E-state index contributed by atoms with van der Waals surface area (Å²) in [5.41, 5.74) is 2.36. The molecule has 1 saturated heterocycles. The molecular formula is C26H29ClN8OS. The molecule has 5 aromatic rings. The van der Waals surface area contributed by atoms with Gasteiger partial charge in [0.2, 0.25) is 5.95 Å². The normalized spacial score (nSPS) is 16.8. The van der Waals surface area contributed by atoms with Crippen LogP contribution >= 0.6 is 22.9 Å². The number of nitrogens with one attached hydrogen (secondary N) is 1. The van der Waals surface area contributed by atoms with Gasteiger partial charge in [0.1, 0.15) is 21.1 Å². The van der Waals surface area contributed by atoms with Crippen molar-refractivity contribution in [2.24, 2.45) is 7.05 Å². The molecule has 0 spiro atoms. The van der Waals surface area contributed by atoms with Crippen LogP contribution in [-0.2, 0) is 12.5 Å². The number of halogens is 1. The van der Waals surface area contributed by atoms with Crippen molar-refractivity contribution in [3.8, 4) is 11.5 Å². The minimum atomic E-state index is -0.0432. The summed E-state index contributed by atoms with van der Waals surface area (Å²) in [6.07, 6.45) is 4.38. The van der Waals surface area contributed by atoms with E-state index in [0.717, 1.165) is 35.5 Å². The van der Waals surface area contributed by atoms with E-state index in [9.17, 15) is 0 Å². The number of aromatic nitrogens is 6. The van der Waals surface area contributed by atoms with E-state index in [1.54, 1.807) is 23.7 Å². The summed E-state index contributed by atoms with van der Waals surface area (Å²) in [5, 5.41) is 11.8. The van der Waals surface area contributed by atoms with Gasteiger partial charge in [-0.3, -0.25) is 4.68 Å². The number of pyridine rings is 2. The van der Waals surface area contributed by atoms with Crippen molar-refractivity contribution in [2.75, 3.05) is 25.5 Å². The van der Waals surface area contributed by atoms with Crippen LogP contribution < -0.4 is 10.1 Å². The molecule has 192 valence electrons. The summed E-state index contributed by atoms with van der Waals surface area (Å²) in [4.78, 5) is 17.0. The number of nitrogens with zero attached hydrogens (tertiary/aromatic N) is 7. The molecular weight excluding hydrogens is 508 g/mol. The molecule has 1 aliphatic heterocycles. The molecule has 6 rings (SSSR count). The van der Waals surface area contributed by atoms with Gasteiger partial charge in [-0.15, -0.1) is 11.3 Å². The Hall–Kier alpha value is -3.21. The molecule has 0 bridgehead atoms. The number of likely N-dealkylation sites (tertiary alicyclic amines) is 1. The van der Waals surface area contributed by atoms with Crippen LogP contribution in [0.25, 0.3) is 21.4 Å². The number of rotatable bonds is 5. The van der Waals surface area contributed by atoms with Gasteiger partial charge in [0.05, 0.1) is 18.4 Å². The van der Waals surface area contributed by atoms with Gasteiger partial charge in [-0.05, 0) is 37.5 Å². The standard InChI is InChI=1S/C26H29ClN8OS/c1-26(2,3)19-11-20(32-35(19)16-6-8-33(4)14-16)30-25-31-23-22(34(25)5)21(27)18(13-28-23)36-17-10-15-7-9-37-24(15)29-12-17/h7,9-13,16H,6,8,14H2,1-5H3,(H,28,30,31,32)/t16-/m1/s1. The van der Waals surface area contributed by atoms with Gasteiger partial charge in [-0.25, -0.2) is 9.97 Å². The van der Waals surface area contributed by atoms with Gasteiger partial charge in [0, 0.05) is 36.2 Å². The zero-order chi connectivity index (χ0) is 25.9. The van der Waals surface area contributed by atoms with Crippen molar-refractivity contribution >= 4 is 56.1 Å². The lowest BCUT2D eigenvalue weighted by Gasteiger charge is -2.23. The van der Waals surface area contributed by atoms with Gasteiger partial charge in [0.15, 0.2) is 17.2 Å². The Kier molecular flexibility index (Phi) is 5.85. The molecule has 0 aromatic carbocycles. The molecule has 0 radical (unpaired) electrons. The SMILES string of the molecule is CN1CC[C@@H](n2nc(Nc3nc4ncc(Oc5cnc6sccc6c5)c(Cl)c4n3C)cc2C(C)(C)C)C1. The molecule has 9 nitrogen and oxygen atoms in total. The summed E-state index contributed by atoms with van der Waals surface area (Å²) in [6, 6.07) is 6.43. The first-order valence-electron chi connectivity index (χ1n) is 12.2. The van der Waals surface area contributed by atoms with E-state index in [0.29, 0.717) is 39.7 Å². The molecule has 5 aromatic heterocycles. The monoisotopic (exact) mass is 536 g/mol. The second-order valence-corrected chi connectivity index (χ2v) is 11.9. The van der Waals surface area contributed by atoms with E-state index in [1.807, 2.05) is 29.1 Å². The minimum Gasteiger partial charge on any atom is -0.452 e. The fourth-order valence-corrected chi connectivity index (χ4v) is 5.86. The molecule has 0 amide bonds. The van der Waals surface area contributed by atoms with Crippen molar-refractivity contribution < 1.29 is 4.74 Å². The summed E-state index contributed by atoms with van der Waals surface area (Å²) < 4.78 is 10.1. The number of likely N-dealkylation sites (N-methyl/N-ethyl adjacent to an activating group) is 1. The van der Waals surface area contributed by atoms with Crippen LogP contribution in [0, 0.1) is 0 Å². The topological polar surface area (TPSA) is 85.9 Å². The highest BCUT2D eigenvalue weighted by Crippen LogP contribution is 2.37. The highest BCUT2D eigenvalue weighted by molar-refractivity contribution is 7.16. The minimum absolute atomic E-state index is 0.0432. The van der Waals surface area contributed by atoms with Crippen LogP contribution in [0.15, 0.2) is 36.0 Å². The maximum absolute atomic E-state index is 6.80. The lowest BCUT2D eigenvalue weighted by molar-refractivity contribution is 0.366. The molecule has 0 saturated carbocycles. The van der Waals surface area contributed by atoms with Crippen molar-refractivity contribution in [1.82, 2.24) is 34.2 Å². The predicted octanol–water partition coefficient (Wildman–Crippen LogP) is 6.14. The molecule has 37 heavy (non-hydrogen) atoms. The average molecular weight is 537 g/mol. The zero-order valence-electron chi connectivity index (χ0n) is 21.5. The number of anilines is 2. The van der Waals surface area contributed by atoms with Crippen LogP contribution in [0.5, 0.6) is 11.5 Å². The van der Waals surface area contributed by atoms with E-state index in [4.69, 9.17) is 26.4 Å². The maximum Gasteiger partial charge on any atom is 0.210 e. The molecule has 1 atom stereocenters. The van der Waals surface area contributed by atoms with Gasteiger partial charge in [0.25, 0.3) is 0 Å². The Balaban J connectivity index is 1.32. The van der Waals surface area contributed by atoms with Crippen LogP contribution in [0.1, 0.15) is 38.9 Å². The van der Waals surface area contributed by atoms with Gasteiger partial charge in [-0.1, -0.05) is 32.4 Å². The molecule has 1 N–H and O–H groups in total. The molecule has 0 aliphatic carbocycles. The number of hydrogen-bond acceptors (Lipinski definition) is 8. The van der Waals surface area contributed by atoms with E-state index < -0.39 is 0 Å². The lowest BCUT2D eigenvalue weighted by Crippen LogP contribution is -2.24. The third-order valence-electron chi connectivity index (χ3n) is 6.77. The number of hydrogen-bond donors (Lipinski definition) is 1. The second kappa shape index (κ2) is 8.97. The third kappa shape index (κ3) is 4.43. The smallest absolute Gasteiger partial charge is 0.210 e. The fourth-order valence-electron chi connectivity index (χ4n) is 4.84. The first-order valence-corrected chi connectivity index (χ1v) is 13.5. The number of fused-ring (bicyclic) bond motifs is 2. The number of imidazole rings is 1. The first kappa shape index (κ1) is 24.1. The van der Waals surface area contributed by atoms with Gasteiger partial charge < -0.3 is 19.5 Å². The molecule has 11 heteroatoms. The van der Waals surface area contributed by atoms with Crippen LogP contribution in [0.3, 0.4) is 0 Å². The van der Waals surface area contributed by atoms with E-state index in [-0.39, 0.29) is 5.41 Å². The Bertz CT molecular complexity index is 1610. The summed E-state index contributed by atoms with van der Waals surface area (Å²) in [5.74, 6) is 2.41. The Morgan fingerprint density at radius 1 is 1.16 bits per heavy atom. The van der Waals surface area contributed by atoms with Crippen LogP contribution in [-0.4, -0.2) is 54.3 Å². The number of ether oxygens (including phenoxy) is 1. The van der Waals surface area contributed by atoms with Gasteiger partial charge >= 0.3 is 0 Å². The Morgan fingerprint density at radius 2 is 2.00 bits per heavy atom. The molecule has 6 heterocycles. The maximum atomic E-state index is 6.80. The van der Waals surface area contributed by atoms with Crippen molar-refractivity contribution in [2.45, 2.75) is 38.6 Å². The Labute approximate surface area is 224 Å². The van der Waals surface area contributed by atoms with Gasteiger partial charge in [-0.2, -0.15) is 10.1 Å². The molecule has 0 unspecified atom stereocenters. The largest absolute Gasteiger partial charge is 0.452 e. The predicted molar refractivity (Wildman–Crippen MR) is 149 cm³/mol. The van der Waals surface area contributed by atoms with Crippen molar-refractivity contribution in [3.63, 3.8) is 0 Å². The van der Waals surface area contributed by atoms with E-state index in [2.05, 4.69) is 58.8 Å². The van der Waals surface area contributed by atoms with E-state index >= 15 is 0 Å². The van der Waals surface area contributed by atoms with E-state index in [1.165, 1.54) is 5.69 Å². The zero-order valence-corrected chi connectivity index (χ0v) is 23.1.